The van der Waals surface area contributed by atoms with Crippen molar-refractivity contribution < 1.29 is 22.4 Å². The number of carbonyl (C=O) groups is 1. The molecule has 0 aliphatic heterocycles. The van der Waals surface area contributed by atoms with Crippen molar-refractivity contribution in [1.82, 2.24) is 9.88 Å². The number of hydrogen-bond acceptors (Lipinski definition) is 6. The summed E-state index contributed by atoms with van der Waals surface area (Å²) in [5.74, 6) is -1.08. The number of pyridine rings is 1. The number of thiol groups is 1. The first-order chi connectivity index (χ1) is 15.9. The van der Waals surface area contributed by atoms with Gasteiger partial charge >= 0.3 is 6.18 Å². The van der Waals surface area contributed by atoms with Gasteiger partial charge < -0.3 is 9.80 Å². The third kappa shape index (κ3) is 5.62. The molecule has 6 nitrogen and oxygen atoms in total. The molecular weight excluding hydrogens is 470 g/mol. The molecule has 1 atom stereocenters. The molecule has 0 spiro atoms. The molecule has 2 rings (SSSR count). The minimum absolute atomic E-state index is 0.0358. The van der Waals surface area contributed by atoms with Crippen molar-refractivity contribution in [2.45, 2.75) is 31.9 Å². The Morgan fingerprint density at radius 1 is 1.24 bits per heavy atom. The largest absolute Gasteiger partial charge is 0.419 e. The van der Waals surface area contributed by atoms with E-state index in [0.29, 0.717) is 17.5 Å². The summed E-state index contributed by atoms with van der Waals surface area (Å²) < 4.78 is 55.3. The minimum Gasteiger partial charge on any atom is -0.378 e. The van der Waals surface area contributed by atoms with Gasteiger partial charge in [0.05, 0.1) is 17.4 Å². The van der Waals surface area contributed by atoms with Crippen LogP contribution in [-0.4, -0.2) is 41.9 Å². The number of rotatable bonds is 8. The quantitative estimate of drug-likeness (QED) is 0.313. The molecule has 182 valence electrons. The van der Waals surface area contributed by atoms with E-state index in [1.54, 1.807) is 43.8 Å². The van der Waals surface area contributed by atoms with Gasteiger partial charge in [0.1, 0.15) is 11.9 Å². The van der Waals surface area contributed by atoms with Gasteiger partial charge in [-0.25, -0.2) is 9.37 Å². The molecule has 0 aliphatic rings. The second-order valence-corrected chi connectivity index (χ2v) is 7.92. The number of anilines is 2. The molecule has 1 aromatic heterocycles. The van der Waals surface area contributed by atoms with Crippen LogP contribution in [0.5, 0.6) is 0 Å². The van der Waals surface area contributed by atoms with E-state index in [-0.39, 0.29) is 24.2 Å². The Bertz CT molecular complexity index is 1110. The van der Waals surface area contributed by atoms with Crippen LogP contribution in [0.3, 0.4) is 0 Å². The average Bonchev–Trinajstić information content (AvgIpc) is 2.78. The maximum atomic E-state index is 14.9. The Kier molecular flexibility index (Phi) is 8.56. The molecule has 34 heavy (non-hydrogen) atoms. The molecule has 0 bridgehead atoms. The molecule has 11 heteroatoms. The minimum atomic E-state index is -4.85. The number of alkyl halides is 3. The third-order valence-corrected chi connectivity index (χ3v) is 5.63. The van der Waals surface area contributed by atoms with Crippen LogP contribution in [-0.2, 0) is 11.0 Å². The standard InChI is InChI=1S/C23H25F4N5OS/c1-6-21(33)32(16-10-18(23(25,26)27)20(12-28)29-13-16)22(34)31(7-2)15-8-9-17(19(24)11-15)14(3)30(4)5/h8-11,13,22,34H,3,6-7H2,1-2,4-5H3. The van der Waals surface area contributed by atoms with Gasteiger partial charge in [-0.05, 0) is 31.2 Å². The summed E-state index contributed by atoms with van der Waals surface area (Å²) in [5.41, 5.74) is -2.23. The number of amides is 1. The van der Waals surface area contributed by atoms with Crippen LogP contribution >= 0.6 is 12.6 Å². The number of halogens is 4. The zero-order valence-electron chi connectivity index (χ0n) is 19.2. The molecule has 2 aromatic rings. The van der Waals surface area contributed by atoms with Gasteiger partial charge in [0.2, 0.25) is 5.91 Å². The monoisotopic (exact) mass is 495 g/mol. The van der Waals surface area contributed by atoms with Crippen molar-refractivity contribution in [3.63, 3.8) is 0 Å². The van der Waals surface area contributed by atoms with E-state index < -0.39 is 34.7 Å². The predicted molar refractivity (Wildman–Crippen MR) is 127 cm³/mol. The maximum absolute atomic E-state index is 14.9. The molecule has 1 aromatic carbocycles. The Morgan fingerprint density at radius 3 is 2.35 bits per heavy atom. The molecule has 1 unspecified atom stereocenters. The highest BCUT2D eigenvalue weighted by atomic mass is 32.1. The highest BCUT2D eigenvalue weighted by Crippen LogP contribution is 2.35. The number of hydrogen-bond donors (Lipinski definition) is 1. The van der Waals surface area contributed by atoms with Crippen molar-refractivity contribution in [2.24, 2.45) is 0 Å². The van der Waals surface area contributed by atoms with E-state index in [4.69, 9.17) is 5.26 Å². The maximum Gasteiger partial charge on any atom is 0.419 e. The summed E-state index contributed by atoms with van der Waals surface area (Å²) in [6.45, 7) is 7.38. The van der Waals surface area contributed by atoms with Crippen LogP contribution in [0.25, 0.3) is 5.70 Å². The van der Waals surface area contributed by atoms with Crippen molar-refractivity contribution in [3.8, 4) is 6.07 Å². The Morgan fingerprint density at radius 2 is 1.88 bits per heavy atom. The predicted octanol–water partition coefficient (Wildman–Crippen LogP) is 5.13. The second kappa shape index (κ2) is 10.8. The number of nitriles is 1. The van der Waals surface area contributed by atoms with Crippen LogP contribution in [0, 0.1) is 17.1 Å². The smallest absolute Gasteiger partial charge is 0.378 e. The summed E-state index contributed by atoms with van der Waals surface area (Å²) in [6.07, 6.45) is -3.87. The second-order valence-electron chi connectivity index (χ2n) is 7.45. The summed E-state index contributed by atoms with van der Waals surface area (Å²) >= 11 is 4.51. The van der Waals surface area contributed by atoms with E-state index in [9.17, 15) is 22.4 Å². The molecule has 1 heterocycles. The van der Waals surface area contributed by atoms with Crippen LogP contribution in [0.2, 0.25) is 0 Å². The van der Waals surface area contributed by atoms with E-state index in [2.05, 4.69) is 24.2 Å². The fourth-order valence-electron chi connectivity index (χ4n) is 3.24. The lowest BCUT2D eigenvalue weighted by atomic mass is 10.1. The molecule has 0 saturated carbocycles. The van der Waals surface area contributed by atoms with Crippen LogP contribution in [0.1, 0.15) is 37.1 Å². The molecule has 0 N–H and O–H groups in total. The SMILES string of the molecule is C=C(c1ccc(N(CC)C(S)N(C(=O)CC)c2cnc(C#N)c(C(F)(F)F)c2)cc1F)N(C)C. The fraction of sp³-hybridized carbons (Fsp3) is 0.348. The lowest BCUT2D eigenvalue weighted by molar-refractivity contribution is -0.138. The summed E-state index contributed by atoms with van der Waals surface area (Å²) in [6, 6.07) is 6.51. The highest BCUT2D eigenvalue weighted by molar-refractivity contribution is 7.81. The third-order valence-electron chi connectivity index (χ3n) is 5.12. The van der Waals surface area contributed by atoms with Gasteiger partial charge in [-0.2, -0.15) is 18.4 Å². The number of carbonyl (C=O) groups excluding carboxylic acids is 1. The Hall–Kier alpha value is -3.26. The zero-order valence-corrected chi connectivity index (χ0v) is 20.1. The van der Waals surface area contributed by atoms with Gasteiger partial charge in [-0.1, -0.05) is 13.5 Å². The van der Waals surface area contributed by atoms with E-state index >= 15 is 0 Å². The molecule has 1 amide bonds. The van der Waals surface area contributed by atoms with Crippen LogP contribution < -0.4 is 9.80 Å². The fourth-order valence-corrected chi connectivity index (χ4v) is 3.80. The van der Waals surface area contributed by atoms with Crippen LogP contribution in [0.15, 0.2) is 37.0 Å². The van der Waals surface area contributed by atoms with Crippen molar-refractivity contribution in [1.29, 1.82) is 5.26 Å². The Balaban J connectivity index is 2.56. The van der Waals surface area contributed by atoms with Gasteiger partial charge in [0, 0.05) is 44.0 Å². The molecular formula is C23H25F4N5OS. The van der Waals surface area contributed by atoms with E-state index in [1.807, 2.05) is 0 Å². The number of aromatic nitrogens is 1. The molecule has 0 aliphatic carbocycles. The summed E-state index contributed by atoms with van der Waals surface area (Å²) in [5, 5.41) is 9.01. The highest BCUT2D eigenvalue weighted by Gasteiger charge is 2.36. The zero-order chi connectivity index (χ0) is 25.8. The number of nitrogens with zero attached hydrogens (tertiary/aromatic N) is 5. The van der Waals surface area contributed by atoms with Gasteiger partial charge in [0.15, 0.2) is 11.2 Å². The molecule has 0 radical (unpaired) electrons. The average molecular weight is 496 g/mol. The first kappa shape index (κ1) is 27.0. The van der Waals surface area contributed by atoms with Crippen molar-refractivity contribution in [3.05, 3.63) is 59.7 Å². The normalized spacial score (nSPS) is 12.0. The van der Waals surface area contributed by atoms with Crippen LogP contribution in [0.4, 0.5) is 28.9 Å². The van der Waals surface area contributed by atoms with Gasteiger partial charge in [0.25, 0.3) is 0 Å². The van der Waals surface area contributed by atoms with Crippen molar-refractivity contribution in [2.75, 3.05) is 30.4 Å². The first-order valence-electron chi connectivity index (χ1n) is 10.3. The Labute approximate surface area is 201 Å². The lowest BCUT2D eigenvalue weighted by Gasteiger charge is -2.38. The summed E-state index contributed by atoms with van der Waals surface area (Å²) in [7, 11) is 3.46. The summed E-state index contributed by atoms with van der Waals surface area (Å²) in [4.78, 5) is 20.6. The first-order valence-corrected chi connectivity index (χ1v) is 10.8. The van der Waals surface area contributed by atoms with Gasteiger partial charge in [-0.3, -0.25) is 9.69 Å². The topological polar surface area (TPSA) is 63.5 Å². The van der Waals surface area contributed by atoms with E-state index in [1.165, 1.54) is 18.2 Å². The number of benzene rings is 1. The molecule has 0 fully saturated rings. The van der Waals surface area contributed by atoms with E-state index in [0.717, 1.165) is 11.1 Å². The molecule has 0 saturated heterocycles. The van der Waals surface area contributed by atoms with Gasteiger partial charge in [-0.15, -0.1) is 12.6 Å². The lowest BCUT2D eigenvalue weighted by Crippen LogP contribution is -2.48. The van der Waals surface area contributed by atoms with Crippen molar-refractivity contribution >= 4 is 35.6 Å².